The lowest BCUT2D eigenvalue weighted by atomic mass is 9.87. The predicted octanol–water partition coefficient (Wildman–Crippen LogP) is 4.45. The van der Waals surface area contributed by atoms with Gasteiger partial charge in [0.25, 0.3) is 0 Å². The molecule has 1 saturated carbocycles. The summed E-state index contributed by atoms with van der Waals surface area (Å²) < 4.78 is 28.1. The van der Waals surface area contributed by atoms with Gasteiger partial charge in [-0.25, -0.2) is 18.4 Å². The van der Waals surface area contributed by atoms with Crippen molar-refractivity contribution in [2.45, 2.75) is 49.0 Å². The molecule has 2 fully saturated rings. The third-order valence-electron chi connectivity index (χ3n) is 8.64. The summed E-state index contributed by atoms with van der Waals surface area (Å²) in [6.07, 6.45) is 8.50. The van der Waals surface area contributed by atoms with Gasteiger partial charge in [-0.3, -0.25) is 19.5 Å². The number of nitrogens with one attached hydrogen (secondary N) is 1. The molecule has 2 N–H and O–H groups in total. The summed E-state index contributed by atoms with van der Waals surface area (Å²) in [5.41, 5.74) is 3.16. The van der Waals surface area contributed by atoms with Crippen LogP contribution < -0.4 is 5.32 Å². The number of carboxylic acid groups (broad SMARTS) is 1. The van der Waals surface area contributed by atoms with Crippen molar-refractivity contribution in [1.29, 1.82) is 0 Å². The lowest BCUT2D eigenvalue weighted by Crippen LogP contribution is -2.56. The molecule has 2 aliphatic rings. The quantitative estimate of drug-likeness (QED) is 0.273. The van der Waals surface area contributed by atoms with Gasteiger partial charge in [-0.05, 0) is 61.3 Å². The number of benzene rings is 1. The van der Waals surface area contributed by atoms with E-state index < -0.39 is 28.0 Å². The number of pyridine rings is 2. The van der Waals surface area contributed by atoms with Crippen LogP contribution in [0.5, 0.6) is 0 Å². The Hall–Kier alpha value is -3.78. The zero-order valence-corrected chi connectivity index (χ0v) is 25.9. The molecule has 230 valence electrons. The van der Waals surface area contributed by atoms with Crippen LogP contribution in [-0.2, 0) is 19.6 Å². The van der Waals surface area contributed by atoms with Gasteiger partial charge in [0.2, 0.25) is 15.9 Å². The highest BCUT2D eigenvalue weighted by Crippen LogP contribution is 2.36. The number of anilines is 1. The van der Waals surface area contributed by atoms with Gasteiger partial charge in [0.1, 0.15) is 16.4 Å². The van der Waals surface area contributed by atoms with Crippen LogP contribution in [0, 0.1) is 5.92 Å². The average molecular weight is 635 g/mol. The number of piperazine rings is 1. The van der Waals surface area contributed by atoms with Crippen LogP contribution in [0.15, 0.2) is 65.8 Å². The van der Waals surface area contributed by atoms with Gasteiger partial charge >= 0.3 is 5.97 Å². The van der Waals surface area contributed by atoms with Crippen LogP contribution in [0.3, 0.4) is 0 Å². The Morgan fingerprint density at radius 3 is 2.45 bits per heavy atom. The zero-order chi connectivity index (χ0) is 30.8. The zero-order valence-electron chi connectivity index (χ0n) is 24.3. The fourth-order valence-electron chi connectivity index (χ4n) is 6.08. The number of aromatic nitrogens is 3. The Bertz CT molecular complexity index is 1760. The smallest absolute Gasteiger partial charge is 0.322 e. The number of hydrogen-bond acceptors (Lipinski definition) is 9. The van der Waals surface area contributed by atoms with E-state index in [1.165, 1.54) is 27.8 Å². The van der Waals surface area contributed by atoms with E-state index in [-0.39, 0.29) is 23.9 Å². The second-order valence-corrected chi connectivity index (χ2v) is 14.4. The second kappa shape index (κ2) is 12.7. The summed E-state index contributed by atoms with van der Waals surface area (Å²) in [6, 6.07) is 13.1. The van der Waals surface area contributed by atoms with Gasteiger partial charge in [0, 0.05) is 37.6 Å². The molecular formula is C31H34N6O5S2. The summed E-state index contributed by atoms with van der Waals surface area (Å²) in [4.78, 5) is 41.2. The van der Waals surface area contributed by atoms with E-state index in [4.69, 9.17) is 4.98 Å². The Morgan fingerprint density at radius 2 is 1.75 bits per heavy atom. The summed E-state index contributed by atoms with van der Waals surface area (Å²) in [5.74, 6) is -1.32. The van der Waals surface area contributed by atoms with Crippen LogP contribution in [0.1, 0.15) is 43.6 Å². The molecule has 11 nitrogen and oxygen atoms in total. The number of amides is 1. The van der Waals surface area contributed by atoms with Crippen LogP contribution in [0.25, 0.3) is 21.6 Å². The predicted molar refractivity (Wildman–Crippen MR) is 168 cm³/mol. The number of likely N-dealkylation sites (N-methyl/N-ethyl adjacent to an activating group) is 1. The van der Waals surface area contributed by atoms with Gasteiger partial charge in [-0.15, -0.1) is 0 Å². The summed E-state index contributed by atoms with van der Waals surface area (Å²) >= 11 is 1.31. The molecule has 4 heterocycles. The number of hydrogen-bond donors (Lipinski definition) is 2. The number of carbonyl (C=O) groups is 2. The highest BCUT2D eigenvalue weighted by Gasteiger charge is 2.36. The molecule has 0 radical (unpaired) electrons. The highest BCUT2D eigenvalue weighted by atomic mass is 32.2. The van der Waals surface area contributed by atoms with E-state index >= 15 is 0 Å². The Labute approximate surface area is 260 Å². The molecule has 1 saturated heterocycles. The maximum atomic E-state index is 13.8. The molecule has 1 unspecified atom stereocenters. The van der Waals surface area contributed by atoms with Crippen molar-refractivity contribution < 1.29 is 23.1 Å². The van der Waals surface area contributed by atoms with E-state index in [0.717, 1.165) is 42.5 Å². The minimum absolute atomic E-state index is 0.0808. The van der Waals surface area contributed by atoms with Crippen molar-refractivity contribution in [3.05, 3.63) is 66.5 Å². The number of fused-ring (bicyclic) bond motifs is 1. The molecule has 1 aliphatic heterocycles. The molecular weight excluding hydrogens is 601 g/mol. The number of nitrogens with zero attached hydrogens (tertiary/aromatic N) is 5. The van der Waals surface area contributed by atoms with Gasteiger partial charge in [0.05, 0.1) is 16.5 Å². The van der Waals surface area contributed by atoms with Crippen molar-refractivity contribution >= 4 is 48.7 Å². The normalized spacial score (nSPS) is 19.2. The van der Waals surface area contributed by atoms with Gasteiger partial charge in [0.15, 0.2) is 5.13 Å². The van der Waals surface area contributed by atoms with Crippen LogP contribution in [0.4, 0.5) is 5.13 Å². The molecule has 0 bridgehead atoms. The molecule has 1 aliphatic carbocycles. The Morgan fingerprint density at radius 1 is 1.02 bits per heavy atom. The third kappa shape index (κ3) is 6.36. The summed E-state index contributed by atoms with van der Waals surface area (Å²) in [6.45, 7) is 0.409. The van der Waals surface area contributed by atoms with E-state index in [1.54, 1.807) is 36.5 Å². The van der Waals surface area contributed by atoms with Crippen molar-refractivity contribution in [3.63, 3.8) is 0 Å². The van der Waals surface area contributed by atoms with Crippen molar-refractivity contribution in [2.75, 3.05) is 32.0 Å². The first-order valence-corrected chi connectivity index (χ1v) is 17.0. The van der Waals surface area contributed by atoms with Crippen LogP contribution in [-0.4, -0.2) is 82.3 Å². The number of aliphatic carboxylic acids is 1. The van der Waals surface area contributed by atoms with E-state index in [2.05, 4.69) is 15.3 Å². The summed E-state index contributed by atoms with van der Waals surface area (Å²) in [7, 11) is -2.22. The largest absolute Gasteiger partial charge is 0.480 e. The van der Waals surface area contributed by atoms with Crippen LogP contribution >= 0.6 is 11.3 Å². The maximum Gasteiger partial charge on any atom is 0.322 e. The monoisotopic (exact) mass is 634 g/mol. The first-order chi connectivity index (χ1) is 21.2. The minimum Gasteiger partial charge on any atom is -0.480 e. The first-order valence-electron chi connectivity index (χ1n) is 14.7. The number of carboxylic acids is 1. The molecule has 0 spiro atoms. The average Bonchev–Trinajstić information content (AvgIpc) is 3.69. The third-order valence-corrected chi connectivity index (χ3v) is 11.4. The molecule has 3 aromatic heterocycles. The minimum atomic E-state index is -3.90. The molecule has 4 aromatic rings. The fourth-order valence-corrected chi connectivity index (χ4v) is 8.35. The van der Waals surface area contributed by atoms with Gasteiger partial charge in [-0.2, -0.15) is 4.31 Å². The first kappa shape index (κ1) is 30.3. The highest BCUT2D eigenvalue weighted by molar-refractivity contribution is 7.89. The van der Waals surface area contributed by atoms with Crippen LogP contribution in [0.2, 0.25) is 0 Å². The van der Waals surface area contributed by atoms with Crippen molar-refractivity contribution in [1.82, 2.24) is 24.2 Å². The molecule has 44 heavy (non-hydrogen) atoms. The summed E-state index contributed by atoms with van der Waals surface area (Å²) in [5, 5.41) is 13.0. The Balaban J connectivity index is 1.22. The number of sulfonamides is 1. The lowest BCUT2D eigenvalue weighted by Gasteiger charge is -2.36. The van der Waals surface area contributed by atoms with Crippen molar-refractivity contribution in [2.24, 2.45) is 5.92 Å². The standard InChI is InChI=1S/C31H34N6O5S2/c1-36-16-17-37(19-27(36)30(39)40)44(41,42)23-8-6-21(7-9-23)24(18-20-4-2-3-5-20)28(38)35-31-34-26-11-10-25(33-29(26)43-31)22-12-14-32-15-13-22/h6-15,20,24,27H,2-5,16-19H2,1H3,(H,39,40)(H,34,35,38)/t24?,27-/m0/s1. The number of carbonyl (C=O) groups excluding carboxylic acids is 1. The van der Waals surface area contributed by atoms with E-state index in [9.17, 15) is 23.1 Å². The second-order valence-electron chi connectivity index (χ2n) is 11.5. The van der Waals surface area contributed by atoms with E-state index in [0.29, 0.717) is 34.4 Å². The molecule has 6 rings (SSSR count). The van der Waals surface area contributed by atoms with E-state index in [1.807, 2.05) is 24.3 Å². The van der Waals surface area contributed by atoms with Gasteiger partial charge in [-0.1, -0.05) is 49.2 Å². The topological polar surface area (TPSA) is 146 Å². The molecule has 2 atom stereocenters. The molecule has 1 amide bonds. The Kier molecular flexibility index (Phi) is 8.72. The molecule has 13 heteroatoms. The van der Waals surface area contributed by atoms with Gasteiger partial charge < -0.3 is 10.4 Å². The lowest BCUT2D eigenvalue weighted by molar-refractivity contribution is -0.144. The fraction of sp³-hybridized carbons (Fsp3) is 0.387. The number of thiazole rings is 1. The molecule has 1 aromatic carbocycles. The number of rotatable bonds is 9. The van der Waals surface area contributed by atoms with Crippen molar-refractivity contribution in [3.8, 4) is 11.3 Å². The SMILES string of the molecule is CN1CCN(S(=O)(=O)c2ccc(C(CC3CCCC3)C(=O)Nc3nc4ccc(-c5ccncc5)nc4s3)cc2)C[C@H]1C(=O)O. The maximum absolute atomic E-state index is 13.8.